The molecule has 1 unspecified atom stereocenters. The Morgan fingerprint density at radius 3 is 2.79 bits per heavy atom. The number of ether oxygens (including phenoxy) is 1. The van der Waals surface area contributed by atoms with Gasteiger partial charge < -0.3 is 14.1 Å². The zero-order valence-corrected chi connectivity index (χ0v) is 17.6. The van der Waals surface area contributed by atoms with Gasteiger partial charge in [-0.05, 0) is 62.6 Å². The maximum absolute atomic E-state index is 12.8. The van der Waals surface area contributed by atoms with E-state index in [4.69, 9.17) is 9.15 Å². The quantitative estimate of drug-likeness (QED) is 0.512. The molecule has 3 aromatic rings. The lowest BCUT2D eigenvalue weighted by Gasteiger charge is -2.27. The minimum absolute atomic E-state index is 0.0922. The molecule has 1 atom stereocenters. The summed E-state index contributed by atoms with van der Waals surface area (Å²) >= 11 is 1.55. The van der Waals surface area contributed by atoms with Crippen molar-refractivity contribution < 1.29 is 13.9 Å². The number of hydrogen-bond acceptors (Lipinski definition) is 5. The summed E-state index contributed by atoms with van der Waals surface area (Å²) in [7, 11) is 0. The van der Waals surface area contributed by atoms with Gasteiger partial charge in [-0.25, -0.2) is 4.98 Å². The van der Waals surface area contributed by atoms with E-state index in [1.165, 1.54) is 17.4 Å². The van der Waals surface area contributed by atoms with Crippen LogP contribution < -0.4 is 4.74 Å². The molecule has 0 spiro atoms. The van der Waals surface area contributed by atoms with E-state index in [-0.39, 0.29) is 11.9 Å². The predicted octanol–water partition coefficient (Wildman–Crippen LogP) is 5.37. The first-order chi connectivity index (χ1) is 13.5. The zero-order chi connectivity index (χ0) is 20.1. The Bertz CT molecular complexity index is 918. The summed E-state index contributed by atoms with van der Waals surface area (Å²) in [5, 5.41) is 2.88. The molecule has 148 valence electrons. The van der Waals surface area contributed by atoms with Gasteiger partial charge in [-0.3, -0.25) is 4.79 Å². The molecule has 6 heteroatoms. The average Bonchev–Trinajstić information content (AvgIpc) is 3.38. The van der Waals surface area contributed by atoms with Crippen LogP contribution in [0.1, 0.15) is 52.7 Å². The van der Waals surface area contributed by atoms with Crippen molar-refractivity contribution in [3.8, 4) is 5.75 Å². The van der Waals surface area contributed by atoms with Crippen molar-refractivity contribution in [1.82, 2.24) is 9.88 Å². The zero-order valence-electron chi connectivity index (χ0n) is 16.8. The van der Waals surface area contributed by atoms with Crippen LogP contribution in [0.15, 0.2) is 46.4 Å². The van der Waals surface area contributed by atoms with E-state index in [0.29, 0.717) is 18.9 Å². The second-order valence-corrected chi connectivity index (χ2v) is 7.88. The molecule has 28 heavy (non-hydrogen) atoms. The van der Waals surface area contributed by atoms with Crippen molar-refractivity contribution in [2.45, 2.75) is 53.3 Å². The highest BCUT2D eigenvalue weighted by molar-refractivity contribution is 7.09. The molecule has 2 aromatic heterocycles. The number of hydrogen-bond donors (Lipinski definition) is 0. The molecule has 5 nitrogen and oxygen atoms in total. The Morgan fingerprint density at radius 1 is 1.29 bits per heavy atom. The van der Waals surface area contributed by atoms with Crippen molar-refractivity contribution in [2.75, 3.05) is 0 Å². The topological polar surface area (TPSA) is 55.6 Å². The Hall–Kier alpha value is -2.60. The van der Waals surface area contributed by atoms with Crippen LogP contribution in [0.3, 0.4) is 0 Å². The summed E-state index contributed by atoms with van der Waals surface area (Å²) < 4.78 is 11.2. The molecule has 0 bridgehead atoms. The van der Waals surface area contributed by atoms with Gasteiger partial charge in [-0.1, -0.05) is 13.0 Å². The Labute approximate surface area is 170 Å². The number of carbonyl (C=O) groups excluding carboxylic acids is 1. The summed E-state index contributed by atoms with van der Waals surface area (Å²) in [6.45, 7) is 9.13. The van der Waals surface area contributed by atoms with Gasteiger partial charge in [0.25, 0.3) is 5.91 Å². The van der Waals surface area contributed by atoms with Crippen LogP contribution in [-0.2, 0) is 13.2 Å². The molecule has 1 amide bonds. The molecule has 1 aromatic carbocycles. The van der Waals surface area contributed by atoms with E-state index in [2.05, 4.69) is 31.8 Å². The number of carbonyl (C=O) groups is 1. The van der Waals surface area contributed by atoms with E-state index >= 15 is 0 Å². The number of furan rings is 1. The highest BCUT2D eigenvalue weighted by Gasteiger charge is 2.23. The van der Waals surface area contributed by atoms with E-state index < -0.39 is 0 Å². The van der Waals surface area contributed by atoms with Gasteiger partial charge in [-0.2, -0.15) is 0 Å². The van der Waals surface area contributed by atoms with E-state index in [1.807, 2.05) is 29.3 Å². The molecular formula is C22H26N2O3S. The van der Waals surface area contributed by atoms with Gasteiger partial charge >= 0.3 is 0 Å². The van der Waals surface area contributed by atoms with Crippen LogP contribution in [0.5, 0.6) is 5.75 Å². The molecular weight excluding hydrogens is 372 g/mol. The monoisotopic (exact) mass is 398 g/mol. The number of benzene rings is 1. The number of nitrogens with zero attached hydrogens (tertiary/aromatic N) is 2. The second kappa shape index (κ2) is 9.06. The highest BCUT2D eigenvalue weighted by Crippen LogP contribution is 2.21. The Kier molecular flexibility index (Phi) is 6.52. The fourth-order valence-corrected chi connectivity index (χ4v) is 3.50. The summed E-state index contributed by atoms with van der Waals surface area (Å²) in [5.74, 6) is 1.09. The second-order valence-electron chi connectivity index (χ2n) is 6.93. The third-order valence-electron chi connectivity index (χ3n) is 4.89. The lowest BCUT2D eigenvalue weighted by Crippen LogP contribution is -2.37. The first kappa shape index (κ1) is 20.1. The third kappa shape index (κ3) is 4.81. The summed E-state index contributed by atoms with van der Waals surface area (Å²) in [5.41, 5.74) is 3.32. The summed E-state index contributed by atoms with van der Waals surface area (Å²) in [6, 6.07) is 9.59. The average molecular weight is 399 g/mol. The van der Waals surface area contributed by atoms with Gasteiger partial charge in [0.1, 0.15) is 17.4 Å². The fourth-order valence-electron chi connectivity index (χ4n) is 2.80. The van der Waals surface area contributed by atoms with Crippen molar-refractivity contribution >= 4 is 17.2 Å². The van der Waals surface area contributed by atoms with Gasteiger partial charge in [0.2, 0.25) is 0 Å². The van der Waals surface area contributed by atoms with Crippen molar-refractivity contribution in [1.29, 1.82) is 0 Å². The summed E-state index contributed by atoms with van der Waals surface area (Å²) in [4.78, 5) is 19.2. The van der Waals surface area contributed by atoms with Crippen LogP contribution in [0.25, 0.3) is 0 Å². The SMILES string of the molecule is CCC(C)N(Cc1csc(COc2ccc(C)c(C)c2)n1)C(=O)c1ccco1. The minimum atomic E-state index is -0.111. The van der Waals surface area contributed by atoms with Gasteiger partial charge in [0.15, 0.2) is 5.76 Å². The van der Waals surface area contributed by atoms with Gasteiger partial charge in [0.05, 0.1) is 18.5 Å². The minimum Gasteiger partial charge on any atom is -0.486 e. The predicted molar refractivity (Wildman–Crippen MR) is 111 cm³/mol. The summed E-state index contributed by atoms with van der Waals surface area (Å²) in [6.07, 6.45) is 2.38. The molecule has 0 radical (unpaired) electrons. The van der Waals surface area contributed by atoms with Crippen molar-refractivity contribution in [3.05, 3.63) is 69.6 Å². The molecule has 2 heterocycles. The Balaban J connectivity index is 1.65. The standard InChI is InChI=1S/C22H26N2O3S/c1-5-17(4)24(22(25)20-7-6-10-26-20)12-18-14-28-21(23-18)13-27-19-9-8-15(2)16(3)11-19/h6-11,14,17H,5,12-13H2,1-4H3. The van der Waals surface area contributed by atoms with E-state index in [0.717, 1.165) is 22.9 Å². The maximum Gasteiger partial charge on any atom is 0.290 e. The first-order valence-electron chi connectivity index (χ1n) is 9.45. The maximum atomic E-state index is 12.8. The molecule has 3 rings (SSSR count). The number of amides is 1. The Morgan fingerprint density at radius 2 is 2.11 bits per heavy atom. The van der Waals surface area contributed by atoms with Crippen LogP contribution >= 0.6 is 11.3 Å². The van der Waals surface area contributed by atoms with E-state index in [9.17, 15) is 4.79 Å². The number of thiazole rings is 1. The molecule has 0 saturated carbocycles. The van der Waals surface area contributed by atoms with Gasteiger partial charge in [-0.15, -0.1) is 11.3 Å². The molecule has 0 N–H and O–H groups in total. The number of aromatic nitrogens is 1. The lowest BCUT2D eigenvalue weighted by molar-refractivity contribution is 0.0636. The van der Waals surface area contributed by atoms with Crippen LogP contribution in [-0.4, -0.2) is 21.8 Å². The van der Waals surface area contributed by atoms with Gasteiger partial charge in [0, 0.05) is 11.4 Å². The first-order valence-corrected chi connectivity index (χ1v) is 10.3. The number of aryl methyl sites for hydroxylation is 2. The molecule has 0 aliphatic heterocycles. The van der Waals surface area contributed by atoms with Crippen LogP contribution in [0.4, 0.5) is 0 Å². The van der Waals surface area contributed by atoms with Crippen LogP contribution in [0.2, 0.25) is 0 Å². The molecule has 0 aliphatic carbocycles. The third-order valence-corrected chi connectivity index (χ3v) is 5.76. The largest absolute Gasteiger partial charge is 0.486 e. The lowest BCUT2D eigenvalue weighted by atomic mass is 10.1. The fraction of sp³-hybridized carbons (Fsp3) is 0.364. The molecule has 0 saturated heterocycles. The molecule has 0 fully saturated rings. The smallest absolute Gasteiger partial charge is 0.290 e. The molecule has 0 aliphatic rings. The highest BCUT2D eigenvalue weighted by atomic mass is 32.1. The van der Waals surface area contributed by atoms with Crippen molar-refractivity contribution in [3.63, 3.8) is 0 Å². The van der Waals surface area contributed by atoms with Crippen molar-refractivity contribution in [2.24, 2.45) is 0 Å². The van der Waals surface area contributed by atoms with E-state index in [1.54, 1.807) is 23.5 Å². The van der Waals surface area contributed by atoms with Crippen LogP contribution in [0, 0.1) is 13.8 Å². The number of rotatable bonds is 8. The normalized spacial score (nSPS) is 12.0.